The number of nitrogen functional groups attached to an aromatic ring is 1. The van der Waals surface area contributed by atoms with Crippen LogP contribution < -0.4 is 11.1 Å². The van der Waals surface area contributed by atoms with Gasteiger partial charge in [0.1, 0.15) is 5.01 Å². The predicted octanol–water partition coefficient (Wildman–Crippen LogP) is 2.09. The molecule has 1 atom stereocenters. The standard InChI is InChI=1S/C17H23N3O2S/c1-11(21)9-19-15(22)8-14-10-23-16(20-14)17(2,3)12-4-6-13(18)7-5-12/h4-7,10-11,21H,8-9,18H2,1-3H3,(H,19,22). The van der Waals surface area contributed by atoms with E-state index >= 15 is 0 Å². The summed E-state index contributed by atoms with van der Waals surface area (Å²) in [4.78, 5) is 16.4. The van der Waals surface area contributed by atoms with Crippen molar-refractivity contribution in [2.75, 3.05) is 12.3 Å². The van der Waals surface area contributed by atoms with E-state index in [-0.39, 0.29) is 24.3 Å². The van der Waals surface area contributed by atoms with E-state index in [0.29, 0.717) is 0 Å². The summed E-state index contributed by atoms with van der Waals surface area (Å²) in [5.74, 6) is -0.131. The molecule has 0 spiro atoms. The quantitative estimate of drug-likeness (QED) is 0.706. The Labute approximate surface area is 140 Å². The van der Waals surface area contributed by atoms with E-state index in [2.05, 4.69) is 24.1 Å². The molecule has 23 heavy (non-hydrogen) atoms. The third-order valence-electron chi connectivity index (χ3n) is 3.66. The van der Waals surface area contributed by atoms with Crippen LogP contribution >= 0.6 is 11.3 Å². The summed E-state index contributed by atoms with van der Waals surface area (Å²) < 4.78 is 0. The van der Waals surface area contributed by atoms with Crippen LogP contribution in [0.25, 0.3) is 0 Å². The number of amides is 1. The van der Waals surface area contributed by atoms with Crippen LogP contribution in [-0.4, -0.2) is 28.6 Å². The van der Waals surface area contributed by atoms with Gasteiger partial charge in [0.05, 0.1) is 18.2 Å². The van der Waals surface area contributed by atoms with Crippen molar-refractivity contribution in [2.24, 2.45) is 0 Å². The van der Waals surface area contributed by atoms with E-state index < -0.39 is 6.10 Å². The summed E-state index contributed by atoms with van der Waals surface area (Å²) in [6.07, 6.45) is -0.324. The van der Waals surface area contributed by atoms with E-state index in [0.717, 1.165) is 22.0 Å². The van der Waals surface area contributed by atoms with Gasteiger partial charge in [0, 0.05) is 23.0 Å². The number of rotatable bonds is 6. The Kier molecular flexibility index (Phi) is 5.38. The van der Waals surface area contributed by atoms with Crippen molar-refractivity contribution >= 4 is 22.9 Å². The number of hydrogen-bond donors (Lipinski definition) is 3. The average molecular weight is 333 g/mol. The summed E-state index contributed by atoms with van der Waals surface area (Å²) in [5, 5.41) is 14.7. The number of carbonyl (C=O) groups excluding carboxylic acids is 1. The van der Waals surface area contributed by atoms with Crippen LogP contribution in [0.5, 0.6) is 0 Å². The van der Waals surface area contributed by atoms with Gasteiger partial charge in [0.15, 0.2) is 0 Å². The third-order valence-corrected chi connectivity index (χ3v) is 4.87. The molecule has 2 aromatic rings. The summed E-state index contributed by atoms with van der Waals surface area (Å²) in [6, 6.07) is 7.78. The summed E-state index contributed by atoms with van der Waals surface area (Å²) >= 11 is 1.55. The van der Waals surface area contributed by atoms with Gasteiger partial charge in [-0.05, 0) is 38.5 Å². The fourth-order valence-corrected chi connectivity index (χ4v) is 3.15. The number of aromatic nitrogens is 1. The molecule has 4 N–H and O–H groups in total. The number of hydrogen-bond acceptors (Lipinski definition) is 5. The van der Waals surface area contributed by atoms with Gasteiger partial charge in [-0.2, -0.15) is 0 Å². The van der Waals surface area contributed by atoms with Crippen LogP contribution in [0.2, 0.25) is 0 Å². The molecule has 0 fully saturated rings. The molecule has 6 heteroatoms. The molecule has 0 bridgehead atoms. The number of nitrogens with two attached hydrogens (primary N) is 1. The molecular weight excluding hydrogens is 310 g/mol. The number of nitrogens with zero attached hydrogens (tertiary/aromatic N) is 1. The second-order valence-electron chi connectivity index (χ2n) is 6.22. The molecule has 1 unspecified atom stereocenters. The first-order valence-corrected chi connectivity index (χ1v) is 8.42. The lowest BCUT2D eigenvalue weighted by Gasteiger charge is -2.22. The lowest BCUT2D eigenvalue weighted by molar-refractivity contribution is -0.120. The van der Waals surface area contributed by atoms with E-state index in [1.54, 1.807) is 18.3 Å². The van der Waals surface area contributed by atoms with Crippen molar-refractivity contribution in [3.63, 3.8) is 0 Å². The molecule has 0 aliphatic heterocycles. The smallest absolute Gasteiger partial charge is 0.226 e. The molecule has 1 aromatic heterocycles. The maximum absolute atomic E-state index is 11.8. The predicted molar refractivity (Wildman–Crippen MR) is 93.5 cm³/mol. The van der Waals surface area contributed by atoms with Crippen molar-refractivity contribution in [1.82, 2.24) is 10.3 Å². The second kappa shape index (κ2) is 7.10. The number of aliphatic hydroxyl groups is 1. The van der Waals surface area contributed by atoms with Crippen LogP contribution in [0.15, 0.2) is 29.6 Å². The van der Waals surface area contributed by atoms with Crippen LogP contribution in [0.1, 0.15) is 37.0 Å². The fourth-order valence-electron chi connectivity index (χ4n) is 2.19. The van der Waals surface area contributed by atoms with Crippen LogP contribution in [0.3, 0.4) is 0 Å². The molecule has 0 radical (unpaired) electrons. The Balaban J connectivity index is 2.08. The fraction of sp³-hybridized carbons (Fsp3) is 0.412. The first-order valence-electron chi connectivity index (χ1n) is 7.54. The zero-order valence-electron chi connectivity index (χ0n) is 13.7. The lowest BCUT2D eigenvalue weighted by atomic mass is 9.85. The number of carbonyl (C=O) groups is 1. The largest absolute Gasteiger partial charge is 0.399 e. The number of thiazole rings is 1. The SMILES string of the molecule is CC(O)CNC(=O)Cc1csc(C(C)(C)c2ccc(N)cc2)n1. The summed E-state index contributed by atoms with van der Waals surface area (Å²) in [7, 11) is 0. The Morgan fingerprint density at radius 3 is 2.65 bits per heavy atom. The van der Waals surface area contributed by atoms with Gasteiger partial charge >= 0.3 is 0 Å². The zero-order chi connectivity index (χ0) is 17.0. The highest BCUT2D eigenvalue weighted by Gasteiger charge is 2.26. The van der Waals surface area contributed by atoms with Crippen molar-refractivity contribution in [3.05, 3.63) is 45.9 Å². The molecule has 1 aromatic carbocycles. The normalized spacial score (nSPS) is 12.9. The molecular formula is C17H23N3O2S. The highest BCUT2D eigenvalue weighted by Crippen LogP contribution is 2.33. The number of aliphatic hydroxyl groups excluding tert-OH is 1. The third kappa shape index (κ3) is 4.53. The van der Waals surface area contributed by atoms with Crippen LogP contribution in [-0.2, 0) is 16.6 Å². The average Bonchev–Trinajstić information content (AvgIpc) is 2.95. The highest BCUT2D eigenvalue weighted by molar-refractivity contribution is 7.09. The topological polar surface area (TPSA) is 88.2 Å². The molecule has 2 rings (SSSR count). The maximum Gasteiger partial charge on any atom is 0.226 e. The minimum absolute atomic E-state index is 0.131. The van der Waals surface area contributed by atoms with Crippen LogP contribution in [0, 0.1) is 0 Å². The van der Waals surface area contributed by atoms with Gasteiger partial charge in [-0.3, -0.25) is 4.79 Å². The van der Waals surface area contributed by atoms with Gasteiger partial charge < -0.3 is 16.2 Å². The summed E-state index contributed by atoms with van der Waals surface area (Å²) in [5.41, 5.74) is 8.11. The number of nitrogens with one attached hydrogen (secondary N) is 1. The molecule has 0 saturated carbocycles. The minimum atomic E-state index is -0.547. The van der Waals surface area contributed by atoms with Crippen molar-refractivity contribution in [3.8, 4) is 0 Å². The van der Waals surface area contributed by atoms with E-state index in [1.165, 1.54) is 0 Å². The molecule has 0 saturated heterocycles. The lowest BCUT2D eigenvalue weighted by Crippen LogP contribution is -2.31. The second-order valence-corrected chi connectivity index (χ2v) is 7.08. The number of benzene rings is 1. The van der Waals surface area contributed by atoms with Gasteiger partial charge in [-0.15, -0.1) is 11.3 Å². The van der Waals surface area contributed by atoms with Gasteiger partial charge in [0.25, 0.3) is 0 Å². The zero-order valence-corrected chi connectivity index (χ0v) is 14.5. The molecule has 0 aliphatic carbocycles. The molecule has 1 heterocycles. The van der Waals surface area contributed by atoms with E-state index in [1.807, 2.05) is 29.6 Å². The first kappa shape index (κ1) is 17.4. The molecule has 1 amide bonds. The van der Waals surface area contributed by atoms with Crippen molar-refractivity contribution in [1.29, 1.82) is 0 Å². The summed E-state index contributed by atoms with van der Waals surface area (Å²) in [6.45, 7) is 6.10. The Hall–Kier alpha value is -1.92. The number of anilines is 1. The van der Waals surface area contributed by atoms with Crippen molar-refractivity contribution < 1.29 is 9.90 Å². The van der Waals surface area contributed by atoms with Gasteiger partial charge in [-0.1, -0.05) is 12.1 Å². The Morgan fingerprint density at radius 1 is 1.39 bits per heavy atom. The maximum atomic E-state index is 11.8. The molecule has 0 aliphatic rings. The Bertz CT molecular complexity index is 663. The molecule has 5 nitrogen and oxygen atoms in total. The Morgan fingerprint density at radius 2 is 2.04 bits per heavy atom. The monoisotopic (exact) mass is 333 g/mol. The van der Waals surface area contributed by atoms with E-state index in [9.17, 15) is 9.90 Å². The minimum Gasteiger partial charge on any atom is -0.399 e. The van der Waals surface area contributed by atoms with Crippen LogP contribution in [0.4, 0.5) is 5.69 Å². The highest BCUT2D eigenvalue weighted by atomic mass is 32.1. The van der Waals surface area contributed by atoms with Gasteiger partial charge in [-0.25, -0.2) is 4.98 Å². The first-order chi connectivity index (χ1) is 10.8. The van der Waals surface area contributed by atoms with Gasteiger partial charge in [0.2, 0.25) is 5.91 Å². The van der Waals surface area contributed by atoms with E-state index in [4.69, 9.17) is 5.73 Å². The van der Waals surface area contributed by atoms with Crippen molar-refractivity contribution in [2.45, 2.75) is 38.7 Å². The molecule has 124 valence electrons.